The van der Waals surface area contributed by atoms with E-state index >= 15 is 0 Å². The molecule has 1 saturated heterocycles. The second-order valence-electron chi connectivity index (χ2n) is 10.5. The second-order valence-corrected chi connectivity index (χ2v) is 10.5. The lowest BCUT2D eigenvalue weighted by atomic mass is 9.88. The van der Waals surface area contributed by atoms with Crippen molar-refractivity contribution in [3.05, 3.63) is 95.1 Å². The number of aromatic nitrogens is 1. The van der Waals surface area contributed by atoms with E-state index in [1.807, 2.05) is 0 Å². The molecule has 2 aliphatic rings. The van der Waals surface area contributed by atoms with Crippen LogP contribution in [0.15, 0.2) is 60.8 Å². The molecule has 2 aromatic carbocycles. The molecule has 1 saturated carbocycles. The quantitative estimate of drug-likeness (QED) is 0.390. The summed E-state index contributed by atoms with van der Waals surface area (Å²) in [5, 5.41) is 2.96. The van der Waals surface area contributed by atoms with E-state index in [1.54, 1.807) is 11.0 Å². The lowest BCUT2D eigenvalue weighted by molar-refractivity contribution is 0.0649. The van der Waals surface area contributed by atoms with Gasteiger partial charge in [-0.3, -0.25) is 19.4 Å². The molecule has 10 heteroatoms. The van der Waals surface area contributed by atoms with Crippen LogP contribution in [0.5, 0.6) is 5.75 Å². The lowest BCUT2D eigenvalue weighted by Crippen LogP contribution is -2.40. The zero-order valence-electron chi connectivity index (χ0n) is 22.3. The fourth-order valence-electron chi connectivity index (χ4n) is 5.41. The molecular weight excluding hydrogens is 535 g/mol. The Morgan fingerprint density at radius 2 is 1.41 bits per heavy atom. The van der Waals surface area contributed by atoms with Gasteiger partial charge < -0.3 is 15.0 Å². The maximum atomic E-state index is 13.4. The van der Waals surface area contributed by atoms with E-state index in [-0.39, 0.29) is 47.1 Å². The van der Waals surface area contributed by atoms with Crippen LogP contribution in [-0.4, -0.2) is 52.7 Å². The molecule has 0 bridgehead atoms. The lowest BCUT2D eigenvalue weighted by Gasteiger charge is -2.31. The van der Waals surface area contributed by atoms with Crippen molar-refractivity contribution in [1.82, 2.24) is 15.2 Å². The monoisotopic (exact) mass is 565 g/mol. The number of hydrogen-bond donors (Lipinski definition) is 1. The number of likely N-dealkylation sites (tertiary alicyclic amines) is 1. The zero-order valence-corrected chi connectivity index (χ0v) is 22.3. The highest BCUT2D eigenvalue weighted by Gasteiger charge is 2.29. The highest BCUT2D eigenvalue weighted by Crippen LogP contribution is 2.26. The van der Waals surface area contributed by atoms with Crippen LogP contribution in [0.3, 0.4) is 0 Å². The van der Waals surface area contributed by atoms with E-state index in [9.17, 15) is 27.6 Å². The molecule has 1 aromatic heterocycles. The minimum atomic E-state index is -0.694. The largest absolute Gasteiger partial charge is 0.490 e. The Balaban J connectivity index is 1.07. The van der Waals surface area contributed by atoms with Gasteiger partial charge in [0.25, 0.3) is 11.8 Å². The molecule has 214 valence electrons. The van der Waals surface area contributed by atoms with Gasteiger partial charge in [0.15, 0.2) is 5.78 Å². The molecule has 0 radical (unpaired) electrons. The normalized spacial score (nSPS) is 19.4. The van der Waals surface area contributed by atoms with Crippen LogP contribution in [0, 0.1) is 23.4 Å². The number of carbonyl (C=O) groups is 3. The third-order valence-corrected chi connectivity index (χ3v) is 7.67. The number of pyridine rings is 1. The van der Waals surface area contributed by atoms with Crippen LogP contribution in [-0.2, 0) is 0 Å². The third kappa shape index (κ3) is 7.11. The van der Waals surface area contributed by atoms with Crippen molar-refractivity contribution in [2.45, 2.75) is 50.7 Å². The van der Waals surface area contributed by atoms with Gasteiger partial charge in [-0.25, -0.2) is 13.2 Å². The number of hydrogen-bond acceptors (Lipinski definition) is 5. The predicted molar refractivity (Wildman–Crippen MR) is 144 cm³/mol. The summed E-state index contributed by atoms with van der Waals surface area (Å²) in [5.41, 5.74) is 1.02. The van der Waals surface area contributed by atoms with Gasteiger partial charge in [0.05, 0.1) is 11.7 Å². The molecule has 7 nitrogen and oxygen atoms in total. The van der Waals surface area contributed by atoms with Gasteiger partial charge >= 0.3 is 0 Å². The second kappa shape index (κ2) is 12.5. The first kappa shape index (κ1) is 28.3. The molecule has 1 N–H and O–H groups in total. The molecule has 5 rings (SSSR count). The van der Waals surface area contributed by atoms with Crippen LogP contribution in [0.1, 0.15) is 69.7 Å². The number of nitrogens with zero attached hydrogens (tertiary/aromatic N) is 2. The summed E-state index contributed by atoms with van der Waals surface area (Å²) in [4.78, 5) is 44.3. The smallest absolute Gasteiger partial charge is 0.270 e. The molecule has 0 spiro atoms. The standard InChI is InChI=1S/C31H30F3N3O4/c32-22-4-1-19(2-5-22)29(38)20-11-13-37(14-12-20)31(40)21-3-10-28(35-18-21)30(39)36-25-6-8-26(9-7-25)41-27-16-23(33)15-24(34)17-27/h1-5,10,15-18,20,25-26H,6-9,11-14H2,(H,36,39). The average molecular weight is 566 g/mol. The average Bonchev–Trinajstić information content (AvgIpc) is 2.97. The van der Waals surface area contributed by atoms with Gasteiger partial charge in [-0.2, -0.15) is 0 Å². The van der Waals surface area contributed by atoms with Gasteiger partial charge in [0.1, 0.15) is 28.9 Å². The van der Waals surface area contributed by atoms with Crippen molar-refractivity contribution in [2.24, 2.45) is 5.92 Å². The molecule has 41 heavy (non-hydrogen) atoms. The predicted octanol–water partition coefficient (Wildman–Crippen LogP) is 5.35. The van der Waals surface area contributed by atoms with E-state index in [2.05, 4.69) is 10.3 Å². The summed E-state index contributed by atoms with van der Waals surface area (Å²) in [7, 11) is 0. The topological polar surface area (TPSA) is 88.6 Å². The number of nitrogens with one attached hydrogen (secondary N) is 1. The highest BCUT2D eigenvalue weighted by molar-refractivity contribution is 5.99. The van der Waals surface area contributed by atoms with Crippen LogP contribution in [0.4, 0.5) is 13.2 Å². The molecule has 0 atom stereocenters. The van der Waals surface area contributed by atoms with Crippen molar-refractivity contribution in [1.29, 1.82) is 0 Å². The van der Waals surface area contributed by atoms with Gasteiger partial charge in [0, 0.05) is 55.0 Å². The van der Waals surface area contributed by atoms with Crippen LogP contribution >= 0.6 is 0 Å². The Kier molecular flexibility index (Phi) is 8.66. The van der Waals surface area contributed by atoms with Crippen molar-refractivity contribution in [2.75, 3.05) is 13.1 Å². The third-order valence-electron chi connectivity index (χ3n) is 7.67. The number of Topliss-reactive ketones (excluding diaryl/α,β-unsaturated/α-hetero) is 1. The fourth-order valence-corrected chi connectivity index (χ4v) is 5.41. The highest BCUT2D eigenvalue weighted by atomic mass is 19.1. The van der Waals surface area contributed by atoms with Gasteiger partial charge in [-0.15, -0.1) is 0 Å². The van der Waals surface area contributed by atoms with Crippen LogP contribution in [0.2, 0.25) is 0 Å². The van der Waals surface area contributed by atoms with E-state index in [0.29, 0.717) is 62.7 Å². The first-order valence-electron chi connectivity index (χ1n) is 13.7. The maximum absolute atomic E-state index is 13.4. The summed E-state index contributed by atoms with van der Waals surface area (Å²) in [6.07, 6.45) is 4.75. The van der Waals surface area contributed by atoms with Crippen molar-refractivity contribution in [3.63, 3.8) is 0 Å². The zero-order chi connectivity index (χ0) is 28.9. The molecule has 3 aromatic rings. The fraction of sp³-hybridized carbons (Fsp3) is 0.355. The molecule has 2 amide bonds. The van der Waals surface area contributed by atoms with Gasteiger partial charge in [-0.1, -0.05) is 0 Å². The number of ether oxygens (including phenoxy) is 1. The minimum absolute atomic E-state index is 0.0443. The van der Waals surface area contributed by atoms with Crippen molar-refractivity contribution >= 4 is 17.6 Å². The Morgan fingerprint density at radius 1 is 0.780 bits per heavy atom. The number of ketones is 1. The van der Waals surface area contributed by atoms with Crippen LogP contribution < -0.4 is 10.1 Å². The van der Waals surface area contributed by atoms with Gasteiger partial charge in [-0.05, 0) is 74.9 Å². The number of benzene rings is 2. The molecule has 0 unspecified atom stereocenters. The Bertz CT molecular complexity index is 1380. The van der Waals surface area contributed by atoms with E-state index in [4.69, 9.17) is 4.74 Å². The SMILES string of the molecule is O=C(NC1CCC(Oc2cc(F)cc(F)c2)CC1)c1ccc(C(=O)N2CCC(C(=O)c3ccc(F)cc3)CC2)cn1. The first-order valence-corrected chi connectivity index (χ1v) is 13.7. The Hall–Kier alpha value is -4.21. The number of piperidine rings is 1. The van der Waals surface area contributed by atoms with E-state index < -0.39 is 17.5 Å². The minimum Gasteiger partial charge on any atom is -0.490 e. The van der Waals surface area contributed by atoms with Crippen molar-refractivity contribution in [3.8, 4) is 5.75 Å². The van der Waals surface area contributed by atoms with Crippen molar-refractivity contribution < 1.29 is 32.3 Å². The molecule has 1 aliphatic carbocycles. The summed E-state index contributed by atoms with van der Waals surface area (Å²) in [5.74, 6) is -2.46. The number of carbonyl (C=O) groups excluding carboxylic acids is 3. The van der Waals surface area contributed by atoms with E-state index in [0.717, 1.165) is 18.2 Å². The summed E-state index contributed by atoms with van der Waals surface area (Å²) >= 11 is 0. The van der Waals surface area contributed by atoms with Crippen LogP contribution in [0.25, 0.3) is 0 Å². The first-order chi connectivity index (χ1) is 19.7. The summed E-state index contributed by atoms with van der Waals surface area (Å²) < 4.78 is 45.7. The summed E-state index contributed by atoms with van der Waals surface area (Å²) in [6.45, 7) is 0.832. The number of rotatable bonds is 7. The Morgan fingerprint density at radius 3 is 2.02 bits per heavy atom. The molecule has 2 fully saturated rings. The maximum Gasteiger partial charge on any atom is 0.270 e. The molecule has 2 heterocycles. The summed E-state index contributed by atoms with van der Waals surface area (Å²) in [6, 6.07) is 11.6. The van der Waals surface area contributed by atoms with E-state index in [1.165, 1.54) is 36.5 Å². The Labute approximate surface area is 235 Å². The van der Waals surface area contributed by atoms with Gasteiger partial charge in [0.2, 0.25) is 0 Å². The molecular formula is C31H30F3N3O4. The molecule has 1 aliphatic heterocycles. The number of amides is 2. The number of halogens is 3.